The van der Waals surface area contributed by atoms with Gasteiger partial charge in [0.05, 0.1) is 16.4 Å². The molecule has 0 aliphatic heterocycles. The zero-order valence-electron chi connectivity index (χ0n) is 14.4. The third-order valence-corrected chi connectivity index (χ3v) is 5.79. The highest BCUT2D eigenvalue weighted by Crippen LogP contribution is 2.28. The van der Waals surface area contributed by atoms with E-state index in [0.29, 0.717) is 0 Å². The number of halogens is 1. The van der Waals surface area contributed by atoms with E-state index in [4.69, 9.17) is 4.74 Å². The van der Waals surface area contributed by atoms with Crippen molar-refractivity contribution in [3.63, 3.8) is 0 Å². The number of sulfonamides is 1. The van der Waals surface area contributed by atoms with Crippen LogP contribution < -0.4 is 0 Å². The van der Waals surface area contributed by atoms with Crippen LogP contribution in [0.3, 0.4) is 0 Å². The van der Waals surface area contributed by atoms with E-state index in [1.165, 1.54) is 14.0 Å². The van der Waals surface area contributed by atoms with Crippen LogP contribution in [-0.2, 0) is 21.3 Å². The lowest BCUT2D eigenvalue weighted by Crippen LogP contribution is -2.34. The fourth-order valence-corrected chi connectivity index (χ4v) is 4.10. The average Bonchev–Trinajstić information content (AvgIpc) is 2.58. The molecular formula is C17H19FN2O5S. The molecule has 0 heterocycles. The monoisotopic (exact) mass is 382 g/mol. The topological polar surface area (TPSA) is 89.8 Å². The van der Waals surface area contributed by atoms with Crippen LogP contribution in [0.2, 0.25) is 0 Å². The molecule has 0 aliphatic rings. The number of hydrogen-bond donors (Lipinski definition) is 0. The molecule has 0 spiro atoms. The highest BCUT2D eigenvalue weighted by molar-refractivity contribution is 7.89. The van der Waals surface area contributed by atoms with E-state index in [-0.39, 0.29) is 30.2 Å². The Morgan fingerprint density at radius 3 is 2.46 bits per heavy atom. The van der Waals surface area contributed by atoms with Gasteiger partial charge in [-0.05, 0) is 24.1 Å². The molecule has 9 heteroatoms. The minimum absolute atomic E-state index is 0.0539. The molecule has 0 aliphatic carbocycles. The summed E-state index contributed by atoms with van der Waals surface area (Å²) in [6, 6.07) is 10.6. The zero-order valence-corrected chi connectivity index (χ0v) is 15.2. The van der Waals surface area contributed by atoms with Crippen LogP contribution in [0.4, 0.5) is 10.1 Å². The van der Waals surface area contributed by atoms with Crippen LogP contribution in [0.5, 0.6) is 0 Å². The van der Waals surface area contributed by atoms with Crippen LogP contribution in [0.1, 0.15) is 11.1 Å². The summed E-state index contributed by atoms with van der Waals surface area (Å²) in [5.41, 5.74) is -0.0226. The van der Waals surface area contributed by atoms with E-state index in [9.17, 15) is 22.9 Å². The standard InChI is InChI=1S/C17H19FN2O5S/c1-13-10-15(18)16(20(21)22)11-17(13)26(23,24)19(8-9-25-2)12-14-6-4-3-5-7-14/h3-7,10-11H,8-9,12H2,1-2H3. The molecule has 2 rings (SSSR count). The van der Waals surface area contributed by atoms with E-state index < -0.39 is 26.5 Å². The quantitative estimate of drug-likeness (QED) is 0.517. The second-order valence-electron chi connectivity index (χ2n) is 5.64. The first-order chi connectivity index (χ1) is 12.3. The van der Waals surface area contributed by atoms with Crippen molar-refractivity contribution in [2.45, 2.75) is 18.4 Å². The second-order valence-corrected chi connectivity index (χ2v) is 7.55. The van der Waals surface area contributed by atoms with Gasteiger partial charge in [-0.25, -0.2) is 8.42 Å². The third kappa shape index (κ3) is 4.43. The molecule has 0 saturated carbocycles. The van der Waals surface area contributed by atoms with Gasteiger partial charge in [0.1, 0.15) is 0 Å². The van der Waals surface area contributed by atoms with Crippen molar-refractivity contribution in [3.05, 3.63) is 69.5 Å². The molecule has 140 valence electrons. The van der Waals surface area contributed by atoms with Gasteiger partial charge in [0.25, 0.3) is 0 Å². The maximum atomic E-state index is 13.7. The number of nitro groups is 1. The maximum absolute atomic E-state index is 13.7. The van der Waals surface area contributed by atoms with Gasteiger partial charge in [0.15, 0.2) is 0 Å². The van der Waals surface area contributed by atoms with Gasteiger partial charge in [-0.15, -0.1) is 0 Å². The molecule has 2 aromatic carbocycles. The predicted octanol–water partition coefficient (Wildman–Crippen LogP) is 2.88. The molecule has 0 fully saturated rings. The largest absolute Gasteiger partial charge is 0.383 e. The molecular weight excluding hydrogens is 363 g/mol. The van der Waals surface area contributed by atoms with Crippen LogP contribution >= 0.6 is 0 Å². The van der Waals surface area contributed by atoms with Crippen LogP contribution in [0.15, 0.2) is 47.4 Å². The number of nitro benzene ring substituents is 1. The number of hydrogen-bond acceptors (Lipinski definition) is 5. The van der Waals surface area contributed by atoms with Crippen molar-refractivity contribution >= 4 is 15.7 Å². The summed E-state index contributed by atoms with van der Waals surface area (Å²) in [5.74, 6) is -1.07. The Hall–Kier alpha value is -2.36. The number of benzene rings is 2. The molecule has 0 aromatic heterocycles. The van der Waals surface area contributed by atoms with Gasteiger partial charge in [0.2, 0.25) is 15.8 Å². The Morgan fingerprint density at radius 1 is 1.23 bits per heavy atom. The van der Waals surface area contributed by atoms with Crippen molar-refractivity contribution in [1.29, 1.82) is 0 Å². The van der Waals surface area contributed by atoms with E-state index in [2.05, 4.69) is 0 Å². The minimum atomic E-state index is -4.09. The molecule has 0 radical (unpaired) electrons. The third-order valence-electron chi connectivity index (χ3n) is 3.81. The first-order valence-corrected chi connectivity index (χ1v) is 9.19. The number of aryl methyl sites for hydroxylation is 1. The number of nitrogens with zero attached hydrogens (tertiary/aromatic N) is 2. The van der Waals surface area contributed by atoms with Gasteiger partial charge in [-0.2, -0.15) is 8.70 Å². The van der Waals surface area contributed by atoms with Gasteiger partial charge in [-0.1, -0.05) is 30.3 Å². The van der Waals surface area contributed by atoms with E-state index in [0.717, 1.165) is 22.0 Å². The van der Waals surface area contributed by atoms with Gasteiger partial charge in [0, 0.05) is 26.3 Å². The molecule has 0 amide bonds. The van der Waals surface area contributed by atoms with E-state index in [1.807, 2.05) is 6.07 Å². The van der Waals surface area contributed by atoms with Gasteiger partial charge < -0.3 is 4.74 Å². The zero-order chi connectivity index (χ0) is 19.3. The van der Waals surface area contributed by atoms with Crippen molar-refractivity contribution in [2.75, 3.05) is 20.3 Å². The lowest BCUT2D eigenvalue weighted by Gasteiger charge is -2.23. The SMILES string of the molecule is COCCN(Cc1ccccc1)S(=O)(=O)c1cc([N+](=O)[O-])c(F)cc1C. The Balaban J connectivity index is 2.49. The average molecular weight is 382 g/mol. The lowest BCUT2D eigenvalue weighted by molar-refractivity contribution is -0.387. The van der Waals surface area contributed by atoms with Crippen LogP contribution in [0, 0.1) is 22.9 Å². The maximum Gasteiger partial charge on any atom is 0.306 e. The minimum Gasteiger partial charge on any atom is -0.383 e. The molecule has 0 saturated heterocycles. The van der Waals surface area contributed by atoms with E-state index in [1.54, 1.807) is 24.3 Å². The highest BCUT2D eigenvalue weighted by Gasteiger charge is 2.29. The van der Waals surface area contributed by atoms with Gasteiger partial charge in [-0.3, -0.25) is 10.1 Å². The van der Waals surface area contributed by atoms with Gasteiger partial charge >= 0.3 is 5.69 Å². The smallest absolute Gasteiger partial charge is 0.306 e. The Morgan fingerprint density at radius 2 is 1.88 bits per heavy atom. The summed E-state index contributed by atoms with van der Waals surface area (Å²) in [4.78, 5) is 9.75. The number of ether oxygens (including phenoxy) is 1. The number of methoxy groups -OCH3 is 1. The molecule has 2 aromatic rings. The van der Waals surface area contributed by atoms with E-state index >= 15 is 0 Å². The predicted molar refractivity (Wildman–Crippen MR) is 93.7 cm³/mol. The molecule has 26 heavy (non-hydrogen) atoms. The lowest BCUT2D eigenvalue weighted by atomic mass is 10.2. The fraction of sp³-hybridized carbons (Fsp3) is 0.294. The fourth-order valence-electron chi connectivity index (χ4n) is 2.46. The van der Waals surface area contributed by atoms with Crippen LogP contribution in [0.25, 0.3) is 0 Å². The Labute approximate surface area is 151 Å². The summed E-state index contributed by atoms with van der Waals surface area (Å²) < 4.78 is 46.0. The summed E-state index contributed by atoms with van der Waals surface area (Å²) in [6.45, 7) is 1.67. The summed E-state index contributed by atoms with van der Waals surface area (Å²) in [5, 5.41) is 11.0. The molecule has 0 bridgehead atoms. The summed E-state index contributed by atoms with van der Waals surface area (Å²) in [6.07, 6.45) is 0. The van der Waals surface area contributed by atoms with Crippen molar-refractivity contribution < 1.29 is 22.5 Å². The van der Waals surface area contributed by atoms with Crippen LogP contribution in [-0.4, -0.2) is 37.9 Å². The van der Waals surface area contributed by atoms with Crippen molar-refractivity contribution in [3.8, 4) is 0 Å². The number of rotatable bonds is 8. The molecule has 0 atom stereocenters. The molecule has 0 unspecified atom stereocenters. The van der Waals surface area contributed by atoms with Crippen molar-refractivity contribution in [2.24, 2.45) is 0 Å². The molecule has 7 nitrogen and oxygen atoms in total. The molecule has 0 N–H and O–H groups in total. The first kappa shape index (κ1) is 20.0. The summed E-state index contributed by atoms with van der Waals surface area (Å²) in [7, 11) is -2.65. The normalized spacial score (nSPS) is 11.7. The highest BCUT2D eigenvalue weighted by atomic mass is 32.2. The summed E-state index contributed by atoms with van der Waals surface area (Å²) >= 11 is 0. The van der Waals surface area contributed by atoms with Crippen molar-refractivity contribution in [1.82, 2.24) is 4.31 Å². The second kappa shape index (κ2) is 8.35. The Bertz CT molecular complexity index is 888. The Kier molecular flexibility index (Phi) is 6.41. The first-order valence-electron chi connectivity index (χ1n) is 7.75.